The maximum atomic E-state index is 5.91. The van der Waals surface area contributed by atoms with Crippen LogP contribution in [-0.4, -0.2) is 16.4 Å². The zero-order valence-corrected chi connectivity index (χ0v) is 10.3. The molecule has 0 atom stereocenters. The Bertz CT molecular complexity index is 394. The summed E-state index contributed by atoms with van der Waals surface area (Å²) >= 11 is 0. The Kier molecular flexibility index (Phi) is 3.16. The first-order chi connectivity index (χ1) is 8.40. The van der Waals surface area contributed by atoms with Gasteiger partial charge in [-0.05, 0) is 12.8 Å². The predicted octanol–water partition coefficient (Wildman–Crippen LogP) is 1.92. The Morgan fingerprint density at radius 2 is 2.12 bits per heavy atom. The summed E-state index contributed by atoms with van der Waals surface area (Å²) in [6.45, 7) is 2.09. The fraction of sp³-hybridized carbons (Fsp3) is 0.769. The molecule has 1 saturated carbocycles. The Balaban J connectivity index is 1.94. The lowest BCUT2D eigenvalue weighted by Gasteiger charge is -2.24. The van der Waals surface area contributed by atoms with E-state index in [4.69, 9.17) is 15.6 Å². The van der Waals surface area contributed by atoms with Crippen LogP contribution in [0, 0.1) is 0 Å². The third-order valence-electron chi connectivity index (χ3n) is 4.05. The molecule has 1 aromatic rings. The molecule has 2 heterocycles. The number of aromatic nitrogens is 2. The van der Waals surface area contributed by atoms with E-state index in [0.717, 1.165) is 13.0 Å². The Hall–Kier alpha value is -0.870. The molecule has 1 aliphatic heterocycles. The van der Waals surface area contributed by atoms with Crippen molar-refractivity contribution in [2.75, 3.05) is 6.61 Å². The van der Waals surface area contributed by atoms with E-state index >= 15 is 0 Å². The molecular formula is C13H21N3O. The minimum absolute atomic E-state index is 0.577. The molecule has 2 aliphatic rings. The number of nitrogens with two attached hydrogens (primary N) is 1. The molecule has 17 heavy (non-hydrogen) atoms. The van der Waals surface area contributed by atoms with Gasteiger partial charge in [0.2, 0.25) is 0 Å². The van der Waals surface area contributed by atoms with Crippen molar-refractivity contribution in [1.82, 2.24) is 9.78 Å². The second-order valence-electron chi connectivity index (χ2n) is 5.12. The van der Waals surface area contributed by atoms with Gasteiger partial charge in [0.15, 0.2) is 0 Å². The zero-order valence-electron chi connectivity index (χ0n) is 10.3. The fourth-order valence-electron chi connectivity index (χ4n) is 3.11. The standard InChI is InChI=1S/C13H21N3O/c14-8-13-11-9-17-7-6-12(11)15-16(13)10-4-2-1-3-5-10/h10H,1-9,14H2. The van der Waals surface area contributed by atoms with Crippen LogP contribution in [0.15, 0.2) is 0 Å². The molecule has 0 unspecified atom stereocenters. The van der Waals surface area contributed by atoms with E-state index in [1.54, 1.807) is 0 Å². The first-order valence-corrected chi connectivity index (χ1v) is 6.77. The smallest absolute Gasteiger partial charge is 0.0753 e. The first kappa shape index (κ1) is 11.2. The first-order valence-electron chi connectivity index (χ1n) is 6.77. The van der Waals surface area contributed by atoms with Crippen molar-refractivity contribution in [3.05, 3.63) is 17.0 Å². The summed E-state index contributed by atoms with van der Waals surface area (Å²) in [6, 6.07) is 0.577. The summed E-state index contributed by atoms with van der Waals surface area (Å²) in [7, 11) is 0. The minimum atomic E-state index is 0.577. The highest BCUT2D eigenvalue weighted by atomic mass is 16.5. The van der Waals surface area contributed by atoms with Crippen molar-refractivity contribution < 1.29 is 4.74 Å². The molecule has 0 saturated heterocycles. The van der Waals surface area contributed by atoms with Crippen LogP contribution in [0.25, 0.3) is 0 Å². The Labute approximate surface area is 102 Å². The SMILES string of the molecule is NCc1c2c(nn1C1CCCCC1)CCOC2. The molecule has 1 fully saturated rings. The highest BCUT2D eigenvalue weighted by Gasteiger charge is 2.25. The van der Waals surface area contributed by atoms with Gasteiger partial charge in [-0.15, -0.1) is 0 Å². The molecule has 0 spiro atoms. The molecule has 1 aromatic heterocycles. The predicted molar refractivity (Wildman–Crippen MR) is 65.6 cm³/mol. The maximum absolute atomic E-state index is 5.91. The van der Waals surface area contributed by atoms with Crippen LogP contribution in [0.2, 0.25) is 0 Å². The lowest BCUT2D eigenvalue weighted by atomic mass is 9.95. The average Bonchev–Trinajstić information content (AvgIpc) is 2.78. The molecule has 2 N–H and O–H groups in total. The van der Waals surface area contributed by atoms with Crippen LogP contribution < -0.4 is 5.73 Å². The molecule has 4 heteroatoms. The highest BCUT2D eigenvalue weighted by Crippen LogP contribution is 2.31. The molecule has 0 aromatic carbocycles. The summed E-state index contributed by atoms with van der Waals surface area (Å²) in [5, 5.41) is 4.80. The zero-order chi connectivity index (χ0) is 11.7. The Morgan fingerprint density at radius 3 is 2.88 bits per heavy atom. The maximum Gasteiger partial charge on any atom is 0.0753 e. The summed E-state index contributed by atoms with van der Waals surface area (Å²) in [5.41, 5.74) is 9.62. The second-order valence-corrected chi connectivity index (χ2v) is 5.12. The van der Waals surface area contributed by atoms with Crippen LogP contribution in [0.1, 0.15) is 55.1 Å². The second kappa shape index (κ2) is 4.78. The number of hydrogen-bond donors (Lipinski definition) is 1. The van der Waals surface area contributed by atoms with Crippen molar-refractivity contribution in [3.8, 4) is 0 Å². The molecule has 94 valence electrons. The van der Waals surface area contributed by atoms with Gasteiger partial charge in [0.25, 0.3) is 0 Å². The van der Waals surface area contributed by atoms with E-state index in [1.165, 1.54) is 49.1 Å². The van der Waals surface area contributed by atoms with Crippen LogP contribution in [0.5, 0.6) is 0 Å². The van der Waals surface area contributed by atoms with Gasteiger partial charge in [0.1, 0.15) is 0 Å². The lowest BCUT2D eigenvalue weighted by molar-refractivity contribution is 0.109. The van der Waals surface area contributed by atoms with Crippen molar-refractivity contribution in [2.45, 2.75) is 57.7 Å². The van der Waals surface area contributed by atoms with Crippen molar-refractivity contribution in [1.29, 1.82) is 0 Å². The molecule has 0 amide bonds. The molecule has 0 radical (unpaired) electrons. The molecule has 0 bridgehead atoms. The average molecular weight is 235 g/mol. The number of ether oxygens (including phenoxy) is 1. The molecule has 4 nitrogen and oxygen atoms in total. The van der Waals surface area contributed by atoms with Crippen LogP contribution in [0.3, 0.4) is 0 Å². The van der Waals surface area contributed by atoms with Gasteiger partial charge in [-0.3, -0.25) is 4.68 Å². The van der Waals surface area contributed by atoms with E-state index in [0.29, 0.717) is 19.2 Å². The van der Waals surface area contributed by atoms with E-state index in [9.17, 15) is 0 Å². The van der Waals surface area contributed by atoms with Crippen LogP contribution >= 0.6 is 0 Å². The number of rotatable bonds is 2. The molecule has 1 aliphatic carbocycles. The van der Waals surface area contributed by atoms with E-state index in [-0.39, 0.29) is 0 Å². The number of hydrogen-bond acceptors (Lipinski definition) is 3. The highest BCUT2D eigenvalue weighted by molar-refractivity contribution is 5.28. The monoisotopic (exact) mass is 235 g/mol. The van der Waals surface area contributed by atoms with Crippen LogP contribution in [-0.2, 0) is 24.3 Å². The van der Waals surface area contributed by atoms with Gasteiger partial charge in [-0.2, -0.15) is 5.10 Å². The van der Waals surface area contributed by atoms with Gasteiger partial charge < -0.3 is 10.5 Å². The van der Waals surface area contributed by atoms with Gasteiger partial charge in [0.05, 0.1) is 30.6 Å². The third kappa shape index (κ3) is 2.00. The largest absolute Gasteiger partial charge is 0.376 e. The third-order valence-corrected chi connectivity index (χ3v) is 4.05. The minimum Gasteiger partial charge on any atom is -0.376 e. The summed E-state index contributed by atoms with van der Waals surface area (Å²) < 4.78 is 7.75. The fourth-order valence-corrected chi connectivity index (χ4v) is 3.11. The lowest BCUT2D eigenvalue weighted by Crippen LogP contribution is -2.18. The summed E-state index contributed by atoms with van der Waals surface area (Å²) in [4.78, 5) is 0. The quantitative estimate of drug-likeness (QED) is 0.852. The number of fused-ring (bicyclic) bond motifs is 1. The van der Waals surface area contributed by atoms with Crippen molar-refractivity contribution in [2.24, 2.45) is 5.73 Å². The van der Waals surface area contributed by atoms with Gasteiger partial charge in [-0.1, -0.05) is 19.3 Å². The van der Waals surface area contributed by atoms with Crippen molar-refractivity contribution in [3.63, 3.8) is 0 Å². The van der Waals surface area contributed by atoms with Gasteiger partial charge >= 0.3 is 0 Å². The molecule has 3 rings (SSSR count). The normalized spacial score (nSPS) is 21.5. The van der Waals surface area contributed by atoms with Gasteiger partial charge in [0, 0.05) is 18.5 Å². The van der Waals surface area contributed by atoms with Crippen LogP contribution in [0.4, 0.5) is 0 Å². The van der Waals surface area contributed by atoms with Gasteiger partial charge in [-0.25, -0.2) is 0 Å². The number of nitrogens with zero attached hydrogens (tertiary/aromatic N) is 2. The summed E-state index contributed by atoms with van der Waals surface area (Å²) in [5.74, 6) is 0. The van der Waals surface area contributed by atoms with Crippen molar-refractivity contribution >= 4 is 0 Å². The van der Waals surface area contributed by atoms with E-state index in [1.807, 2.05) is 0 Å². The Morgan fingerprint density at radius 1 is 1.29 bits per heavy atom. The van der Waals surface area contributed by atoms with E-state index < -0.39 is 0 Å². The van der Waals surface area contributed by atoms with E-state index in [2.05, 4.69) is 4.68 Å². The summed E-state index contributed by atoms with van der Waals surface area (Å²) in [6.07, 6.45) is 7.49. The molecular weight excluding hydrogens is 214 g/mol. The topological polar surface area (TPSA) is 53.1 Å².